The molecule has 0 amide bonds. The number of piperidine rings is 1. The second-order valence-corrected chi connectivity index (χ2v) is 8.29. The van der Waals surface area contributed by atoms with E-state index in [9.17, 15) is 5.11 Å². The Kier molecular flexibility index (Phi) is 6.49. The number of benzene rings is 2. The molecule has 2 aromatic carbocycles. The summed E-state index contributed by atoms with van der Waals surface area (Å²) in [6.07, 6.45) is 3.89. The number of anilines is 4. The molecule has 0 unspecified atom stereocenters. The highest BCUT2D eigenvalue weighted by Gasteiger charge is 2.20. The van der Waals surface area contributed by atoms with Crippen LogP contribution >= 0.6 is 0 Å². The van der Waals surface area contributed by atoms with E-state index in [-0.39, 0.29) is 5.75 Å². The Morgan fingerprint density at radius 1 is 1.00 bits per heavy atom. The lowest BCUT2D eigenvalue weighted by molar-refractivity contribution is 0.434. The molecule has 0 spiro atoms. The normalized spacial score (nSPS) is 14.7. The van der Waals surface area contributed by atoms with Crippen LogP contribution in [0.3, 0.4) is 0 Å². The van der Waals surface area contributed by atoms with E-state index < -0.39 is 0 Å². The molecule has 1 aliphatic rings. The second kappa shape index (κ2) is 9.64. The van der Waals surface area contributed by atoms with Gasteiger partial charge < -0.3 is 15.3 Å². The van der Waals surface area contributed by atoms with Crippen molar-refractivity contribution in [1.82, 2.24) is 15.0 Å². The van der Waals surface area contributed by atoms with E-state index in [0.29, 0.717) is 23.8 Å². The molecule has 8 nitrogen and oxygen atoms in total. The molecule has 1 aliphatic heterocycles. The number of aromatic hydroxyl groups is 1. The summed E-state index contributed by atoms with van der Waals surface area (Å²) in [5.74, 6) is 2.42. The quantitative estimate of drug-likeness (QED) is 0.387. The van der Waals surface area contributed by atoms with Crippen molar-refractivity contribution < 1.29 is 5.11 Å². The van der Waals surface area contributed by atoms with Crippen molar-refractivity contribution in [2.45, 2.75) is 33.6 Å². The lowest BCUT2D eigenvalue weighted by Gasteiger charge is -2.30. The molecule has 32 heavy (non-hydrogen) atoms. The Bertz CT molecular complexity index is 1090. The van der Waals surface area contributed by atoms with Crippen molar-refractivity contribution >= 4 is 29.7 Å². The van der Waals surface area contributed by atoms with Gasteiger partial charge in [-0.2, -0.15) is 20.1 Å². The zero-order valence-electron chi connectivity index (χ0n) is 18.7. The lowest BCUT2D eigenvalue weighted by atomic mass is 10.00. The van der Waals surface area contributed by atoms with E-state index in [1.807, 2.05) is 12.1 Å². The molecule has 166 valence electrons. The van der Waals surface area contributed by atoms with Crippen LogP contribution in [0.1, 0.15) is 36.5 Å². The Labute approximate surface area is 188 Å². The summed E-state index contributed by atoms with van der Waals surface area (Å²) in [5.41, 5.74) is 7.10. The van der Waals surface area contributed by atoms with Crippen molar-refractivity contribution in [2.24, 2.45) is 11.0 Å². The largest absolute Gasteiger partial charge is 0.508 e. The Balaban J connectivity index is 1.59. The lowest BCUT2D eigenvalue weighted by Crippen LogP contribution is -2.34. The van der Waals surface area contributed by atoms with Crippen molar-refractivity contribution in [3.05, 3.63) is 59.2 Å². The van der Waals surface area contributed by atoms with Gasteiger partial charge >= 0.3 is 0 Å². The molecule has 0 aliphatic carbocycles. The number of phenolic OH excluding ortho intramolecular Hbond substituents is 1. The zero-order chi connectivity index (χ0) is 22.5. The number of rotatable bonds is 6. The fourth-order valence-electron chi connectivity index (χ4n) is 3.55. The van der Waals surface area contributed by atoms with Gasteiger partial charge in [0.15, 0.2) is 0 Å². The van der Waals surface area contributed by atoms with Gasteiger partial charge in [0.05, 0.1) is 6.21 Å². The summed E-state index contributed by atoms with van der Waals surface area (Å²) in [4.78, 5) is 16.0. The second-order valence-electron chi connectivity index (χ2n) is 8.29. The van der Waals surface area contributed by atoms with Gasteiger partial charge in [-0.3, -0.25) is 0 Å². The molecule has 2 heterocycles. The molecule has 1 saturated heterocycles. The van der Waals surface area contributed by atoms with E-state index >= 15 is 0 Å². The molecule has 1 aromatic heterocycles. The first-order valence-corrected chi connectivity index (χ1v) is 10.9. The van der Waals surface area contributed by atoms with Gasteiger partial charge in [0, 0.05) is 18.8 Å². The Morgan fingerprint density at radius 3 is 2.47 bits per heavy atom. The highest BCUT2D eigenvalue weighted by Crippen LogP contribution is 2.25. The number of hydrazone groups is 1. The monoisotopic (exact) mass is 431 g/mol. The fraction of sp³-hybridized carbons (Fsp3) is 0.333. The van der Waals surface area contributed by atoms with Gasteiger partial charge in [0.2, 0.25) is 17.8 Å². The van der Waals surface area contributed by atoms with E-state index in [2.05, 4.69) is 57.5 Å². The Morgan fingerprint density at radius 2 is 1.72 bits per heavy atom. The minimum absolute atomic E-state index is 0.218. The maximum Gasteiger partial charge on any atom is 0.250 e. The summed E-state index contributed by atoms with van der Waals surface area (Å²) in [6.45, 7) is 8.28. The van der Waals surface area contributed by atoms with Crippen LogP contribution < -0.4 is 15.6 Å². The summed E-state index contributed by atoms with van der Waals surface area (Å²) in [5, 5.41) is 17.0. The summed E-state index contributed by atoms with van der Waals surface area (Å²) >= 11 is 0. The van der Waals surface area contributed by atoms with E-state index in [4.69, 9.17) is 4.98 Å². The molecule has 0 saturated carbocycles. The standard InChI is InChI=1S/C24H29N7O/c1-16-11-13-31(14-12-16)24-28-22(26-21-6-4-5-17(2)18(21)3)27-23(29-24)30-25-15-19-7-9-20(32)10-8-19/h4-10,15-16,32H,11-14H2,1-3H3,(H2,26,27,28,29,30)/b25-15-. The third-order valence-corrected chi connectivity index (χ3v) is 5.81. The van der Waals surface area contributed by atoms with Crippen molar-refractivity contribution in [1.29, 1.82) is 0 Å². The number of hydrogen-bond acceptors (Lipinski definition) is 8. The number of aromatic nitrogens is 3. The predicted molar refractivity (Wildman–Crippen MR) is 129 cm³/mol. The zero-order valence-corrected chi connectivity index (χ0v) is 18.7. The summed E-state index contributed by atoms with van der Waals surface area (Å²) in [6, 6.07) is 12.9. The van der Waals surface area contributed by atoms with Crippen LogP contribution in [0.15, 0.2) is 47.6 Å². The van der Waals surface area contributed by atoms with Gasteiger partial charge in [0.1, 0.15) is 5.75 Å². The molecule has 3 aromatic rings. The van der Waals surface area contributed by atoms with E-state index in [1.165, 1.54) is 5.56 Å². The molecule has 0 bridgehead atoms. The molecular weight excluding hydrogens is 402 g/mol. The van der Waals surface area contributed by atoms with Crippen LogP contribution in [-0.4, -0.2) is 39.4 Å². The van der Waals surface area contributed by atoms with Gasteiger partial charge in [-0.1, -0.05) is 19.1 Å². The number of hydrogen-bond donors (Lipinski definition) is 3. The first-order valence-electron chi connectivity index (χ1n) is 10.9. The maximum atomic E-state index is 9.42. The van der Waals surface area contributed by atoms with Crippen LogP contribution in [0.25, 0.3) is 0 Å². The Hall–Kier alpha value is -3.68. The summed E-state index contributed by atoms with van der Waals surface area (Å²) in [7, 11) is 0. The van der Waals surface area contributed by atoms with Crippen molar-refractivity contribution in [2.75, 3.05) is 28.7 Å². The molecule has 4 rings (SSSR count). The fourth-order valence-corrected chi connectivity index (χ4v) is 3.55. The first kappa shape index (κ1) is 21.5. The molecule has 1 fully saturated rings. The minimum atomic E-state index is 0.218. The number of aryl methyl sites for hydroxylation is 1. The van der Waals surface area contributed by atoms with E-state index in [0.717, 1.165) is 42.7 Å². The molecule has 3 N–H and O–H groups in total. The molecule has 8 heteroatoms. The average Bonchev–Trinajstić information content (AvgIpc) is 2.79. The maximum absolute atomic E-state index is 9.42. The number of nitrogens with zero attached hydrogens (tertiary/aromatic N) is 5. The highest BCUT2D eigenvalue weighted by molar-refractivity contribution is 5.80. The summed E-state index contributed by atoms with van der Waals surface area (Å²) < 4.78 is 0. The molecule has 0 radical (unpaired) electrons. The molecule has 0 atom stereocenters. The van der Waals surface area contributed by atoms with Gasteiger partial charge in [-0.05, 0) is 79.6 Å². The predicted octanol–water partition coefficient (Wildman–Crippen LogP) is 4.62. The van der Waals surface area contributed by atoms with Crippen molar-refractivity contribution in [3.8, 4) is 5.75 Å². The average molecular weight is 432 g/mol. The minimum Gasteiger partial charge on any atom is -0.508 e. The van der Waals surface area contributed by atoms with Crippen LogP contribution in [0.4, 0.5) is 23.5 Å². The van der Waals surface area contributed by atoms with Gasteiger partial charge in [-0.25, -0.2) is 5.43 Å². The van der Waals surface area contributed by atoms with Crippen LogP contribution in [0.2, 0.25) is 0 Å². The number of phenols is 1. The van der Waals surface area contributed by atoms with Crippen LogP contribution in [-0.2, 0) is 0 Å². The number of nitrogens with one attached hydrogen (secondary N) is 2. The topological polar surface area (TPSA) is 98.6 Å². The van der Waals surface area contributed by atoms with E-state index in [1.54, 1.807) is 30.5 Å². The third-order valence-electron chi connectivity index (χ3n) is 5.81. The van der Waals surface area contributed by atoms with Crippen LogP contribution in [0, 0.1) is 19.8 Å². The van der Waals surface area contributed by atoms with Crippen molar-refractivity contribution in [3.63, 3.8) is 0 Å². The van der Waals surface area contributed by atoms with Crippen LogP contribution in [0.5, 0.6) is 5.75 Å². The van der Waals surface area contributed by atoms with Gasteiger partial charge in [-0.15, -0.1) is 0 Å². The highest BCUT2D eigenvalue weighted by atomic mass is 16.3. The molecular formula is C24H29N7O. The third kappa shape index (κ3) is 5.32. The smallest absolute Gasteiger partial charge is 0.250 e. The SMILES string of the molecule is Cc1cccc(Nc2nc(N/N=C\c3ccc(O)cc3)nc(N3CCC(C)CC3)n2)c1C. The van der Waals surface area contributed by atoms with Gasteiger partial charge in [0.25, 0.3) is 0 Å². The first-order chi connectivity index (χ1) is 15.5.